The molecule has 0 aliphatic carbocycles. The maximum Gasteiger partial charge on any atom is 0.410 e. The number of ether oxygens (including phenoxy) is 1. The largest absolute Gasteiger partial charge is 0.444 e. The van der Waals surface area contributed by atoms with Crippen molar-refractivity contribution in [3.63, 3.8) is 0 Å². The van der Waals surface area contributed by atoms with Crippen LogP contribution in [0.4, 0.5) is 4.79 Å². The highest BCUT2D eigenvalue weighted by Crippen LogP contribution is 2.19. The molecule has 0 bridgehead atoms. The predicted molar refractivity (Wildman–Crippen MR) is 98.4 cm³/mol. The molecule has 2 amide bonds. The zero-order chi connectivity index (χ0) is 18.4. The summed E-state index contributed by atoms with van der Waals surface area (Å²) in [5.74, 6) is 0.273. The first-order valence-corrected chi connectivity index (χ1v) is 9.07. The second-order valence-corrected chi connectivity index (χ2v) is 7.83. The molecular weight excluding hydrogens is 316 g/mol. The minimum atomic E-state index is -0.476. The Labute approximate surface area is 150 Å². The molecule has 5 heteroatoms. The van der Waals surface area contributed by atoms with E-state index in [1.165, 1.54) is 5.56 Å². The molecule has 2 rings (SSSR count). The fourth-order valence-corrected chi connectivity index (χ4v) is 3.00. The van der Waals surface area contributed by atoms with Gasteiger partial charge in [-0.3, -0.25) is 4.79 Å². The molecule has 1 atom stereocenters. The van der Waals surface area contributed by atoms with Crippen LogP contribution in [0.1, 0.15) is 58.4 Å². The summed E-state index contributed by atoms with van der Waals surface area (Å²) in [4.78, 5) is 26.1. The van der Waals surface area contributed by atoms with Crippen molar-refractivity contribution in [3.05, 3.63) is 35.9 Å². The molecule has 1 aromatic rings. The summed E-state index contributed by atoms with van der Waals surface area (Å²) in [5, 5.41) is 3.11. The summed E-state index contributed by atoms with van der Waals surface area (Å²) in [7, 11) is 0. The lowest BCUT2D eigenvalue weighted by molar-refractivity contribution is -0.122. The van der Waals surface area contributed by atoms with Gasteiger partial charge in [0.1, 0.15) is 5.60 Å². The quantitative estimate of drug-likeness (QED) is 0.904. The number of amides is 2. The fourth-order valence-electron chi connectivity index (χ4n) is 3.00. The monoisotopic (exact) mass is 346 g/mol. The molecule has 1 aliphatic rings. The smallest absolute Gasteiger partial charge is 0.410 e. The highest BCUT2D eigenvalue weighted by molar-refractivity contribution is 5.77. The van der Waals surface area contributed by atoms with Gasteiger partial charge >= 0.3 is 6.09 Å². The van der Waals surface area contributed by atoms with Crippen LogP contribution >= 0.6 is 0 Å². The molecular formula is C20H30N2O3. The topological polar surface area (TPSA) is 58.6 Å². The summed E-state index contributed by atoms with van der Waals surface area (Å²) in [6.07, 6.45) is 1.75. The number of piperidine rings is 1. The third-order valence-electron chi connectivity index (χ3n) is 4.37. The maximum atomic E-state index is 12.3. The minimum Gasteiger partial charge on any atom is -0.444 e. The second kappa shape index (κ2) is 8.37. The third kappa shape index (κ3) is 6.40. The van der Waals surface area contributed by atoms with Gasteiger partial charge in [0.25, 0.3) is 0 Å². The summed E-state index contributed by atoms with van der Waals surface area (Å²) in [6.45, 7) is 8.91. The maximum absolute atomic E-state index is 12.3. The molecule has 0 aromatic heterocycles. The molecule has 25 heavy (non-hydrogen) atoms. The molecule has 1 N–H and O–H groups in total. The van der Waals surface area contributed by atoms with Gasteiger partial charge in [0.05, 0.1) is 0 Å². The van der Waals surface area contributed by atoms with Crippen LogP contribution in [0.2, 0.25) is 0 Å². The van der Waals surface area contributed by atoms with Gasteiger partial charge in [-0.05, 0) is 45.1 Å². The average molecular weight is 346 g/mol. The summed E-state index contributed by atoms with van der Waals surface area (Å²) < 4.78 is 5.39. The van der Waals surface area contributed by atoms with E-state index in [1.807, 2.05) is 39.0 Å². The number of carbonyl (C=O) groups is 2. The Hall–Kier alpha value is -2.04. The van der Waals surface area contributed by atoms with E-state index in [0.717, 1.165) is 12.8 Å². The highest BCUT2D eigenvalue weighted by atomic mass is 16.6. The third-order valence-corrected chi connectivity index (χ3v) is 4.37. The van der Waals surface area contributed by atoms with Crippen LogP contribution in [0.15, 0.2) is 30.3 Å². The van der Waals surface area contributed by atoms with Gasteiger partial charge < -0.3 is 15.0 Å². The van der Waals surface area contributed by atoms with Gasteiger partial charge in [-0.2, -0.15) is 0 Å². The molecule has 0 radical (unpaired) electrons. The van der Waals surface area contributed by atoms with Crippen molar-refractivity contribution < 1.29 is 14.3 Å². The van der Waals surface area contributed by atoms with E-state index in [2.05, 4.69) is 24.4 Å². The number of hydrogen-bond donors (Lipinski definition) is 1. The number of hydrogen-bond acceptors (Lipinski definition) is 3. The molecule has 1 unspecified atom stereocenters. The molecule has 0 saturated carbocycles. The van der Waals surface area contributed by atoms with Gasteiger partial charge in [-0.25, -0.2) is 4.79 Å². The van der Waals surface area contributed by atoms with Crippen molar-refractivity contribution in [3.8, 4) is 0 Å². The van der Waals surface area contributed by atoms with E-state index in [9.17, 15) is 9.59 Å². The number of likely N-dealkylation sites (tertiary alicyclic amines) is 1. The van der Waals surface area contributed by atoms with E-state index in [-0.39, 0.29) is 24.0 Å². The Morgan fingerprint density at radius 3 is 2.36 bits per heavy atom. The SMILES string of the molecule is CC(CC(=O)NC1CCN(C(=O)OC(C)(C)C)CC1)c1ccccc1. The highest BCUT2D eigenvalue weighted by Gasteiger charge is 2.27. The fraction of sp³-hybridized carbons (Fsp3) is 0.600. The Bertz CT molecular complexity index is 572. The number of carbonyl (C=O) groups excluding carboxylic acids is 2. The zero-order valence-electron chi connectivity index (χ0n) is 15.7. The lowest BCUT2D eigenvalue weighted by Crippen LogP contribution is -2.47. The lowest BCUT2D eigenvalue weighted by atomic mass is 9.97. The van der Waals surface area contributed by atoms with Crippen LogP contribution in [-0.2, 0) is 9.53 Å². The van der Waals surface area contributed by atoms with Crippen LogP contribution in [0.5, 0.6) is 0 Å². The van der Waals surface area contributed by atoms with Crippen molar-refractivity contribution in [2.75, 3.05) is 13.1 Å². The van der Waals surface area contributed by atoms with Crippen LogP contribution in [0, 0.1) is 0 Å². The van der Waals surface area contributed by atoms with Gasteiger partial charge in [0.2, 0.25) is 5.91 Å². The Balaban J connectivity index is 1.74. The van der Waals surface area contributed by atoms with E-state index < -0.39 is 5.60 Å². The van der Waals surface area contributed by atoms with Crippen molar-refractivity contribution in [2.24, 2.45) is 0 Å². The van der Waals surface area contributed by atoms with E-state index in [4.69, 9.17) is 4.74 Å². The van der Waals surface area contributed by atoms with Crippen LogP contribution in [-0.4, -0.2) is 41.6 Å². The molecule has 1 aromatic carbocycles. The normalized spacial score (nSPS) is 17.0. The van der Waals surface area contributed by atoms with Gasteiger partial charge in [-0.1, -0.05) is 37.3 Å². The molecule has 1 saturated heterocycles. The summed E-state index contributed by atoms with van der Waals surface area (Å²) in [5.41, 5.74) is 0.702. The first-order chi connectivity index (χ1) is 11.7. The first kappa shape index (κ1) is 19.3. The second-order valence-electron chi connectivity index (χ2n) is 7.83. The van der Waals surface area contributed by atoms with Crippen molar-refractivity contribution in [1.82, 2.24) is 10.2 Å². The van der Waals surface area contributed by atoms with Crippen LogP contribution in [0.25, 0.3) is 0 Å². The Morgan fingerprint density at radius 1 is 1.20 bits per heavy atom. The average Bonchev–Trinajstić information content (AvgIpc) is 2.54. The van der Waals surface area contributed by atoms with Crippen LogP contribution in [0.3, 0.4) is 0 Å². The Morgan fingerprint density at radius 2 is 1.80 bits per heavy atom. The van der Waals surface area contributed by atoms with Crippen molar-refractivity contribution in [2.45, 2.75) is 64.5 Å². The van der Waals surface area contributed by atoms with Crippen molar-refractivity contribution >= 4 is 12.0 Å². The first-order valence-electron chi connectivity index (χ1n) is 9.07. The lowest BCUT2D eigenvalue weighted by Gasteiger charge is -2.33. The van der Waals surface area contributed by atoms with Crippen molar-refractivity contribution in [1.29, 1.82) is 0 Å². The standard InChI is InChI=1S/C20H30N2O3/c1-15(16-8-6-5-7-9-16)14-18(23)21-17-10-12-22(13-11-17)19(24)25-20(2,3)4/h5-9,15,17H,10-14H2,1-4H3,(H,21,23). The minimum absolute atomic E-state index is 0.0760. The van der Waals surface area contributed by atoms with Gasteiger partial charge in [-0.15, -0.1) is 0 Å². The van der Waals surface area contributed by atoms with Gasteiger partial charge in [0, 0.05) is 25.6 Å². The molecule has 1 heterocycles. The van der Waals surface area contributed by atoms with Gasteiger partial charge in [0.15, 0.2) is 0 Å². The number of nitrogens with zero attached hydrogens (tertiary/aromatic N) is 1. The number of rotatable bonds is 4. The summed E-state index contributed by atoms with van der Waals surface area (Å²) in [6, 6.07) is 10.2. The predicted octanol–water partition coefficient (Wildman–Crippen LogP) is 3.70. The number of nitrogens with one attached hydrogen (secondary N) is 1. The molecule has 5 nitrogen and oxygen atoms in total. The molecule has 1 fully saturated rings. The van der Waals surface area contributed by atoms with E-state index in [1.54, 1.807) is 4.90 Å². The molecule has 138 valence electrons. The van der Waals surface area contributed by atoms with Crippen LogP contribution < -0.4 is 5.32 Å². The zero-order valence-corrected chi connectivity index (χ0v) is 15.7. The molecule has 1 aliphatic heterocycles. The van der Waals surface area contributed by atoms with E-state index in [0.29, 0.717) is 19.5 Å². The number of benzene rings is 1. The van der Waals surface area contributed by atoms with E-state index >= 15 is 0 Å². The molecule has 0 spiro atoms. The summed E-state index contributed by atoms with van der Waals surface area (Å²) >= 11 is 0. The Kier molecular flexibility index (Phi) is 6.45.